The molecule has 1 fully saturated rings. The van der Waals surface area contributed by atoms with Crippen LogP contribution in [0.2, 0.25) is 0 Å². The van der Waals surface area contributed by atoms with Gasteiger partial charge in [-0.25, -0.2) is 4.99 Å². The van der Waals surface area contributed by atoms with Crippen LogP contribution in [0.25, 0.3) is 0 Å². The van der Waals surface area contributed by atoms with Crippen molar-refractivity contribution in [3.8, 4) is 5.75 Å². The van der Waals surface area contributed by atoms with E-state index in [0.717, 1.165) is 37.3 Å². The lowest BCUT2D eigenvalue weighted by atomic mass is 9.88. The van der Waals surface area contributed by atoms with Crippen molar-refractivity contribution in [1.29, 1.82) is 0 Å². The van der Waals surface area contributed by atoms with Crippen LogP contribution >= 0.6 is 0 Å². The Bertz CT molecular complexity index is 617. The summed E-state index contributed by atoms with van der Waals surface area (Å²) >= 11 is 0. The number of aliphatic imine (C=N–C) groups is 1. The molecule has 124 valence electrons. The number of nitrogens with one attached hydrogen (secondary N) is 1. The van der Waals surface area contributed by atoms with Crippen LogP contribution in [0.3, 0.4) is 0 Å². The SMILES string of the molecule is C=CC(=Nc1c(OC)ccc(C2CCOCC2)c1C)NC(C)=O. The summed E-state index contributed by atoms with van der Waals surface area (Å²) in [7, 11) is 1.62. The van der Waals surface area contributed by atoms with Crippen LogP contribution in [-0.4, -0.2) is 32.1 Å². The number of amidine groups is 1. The van der Waals surface area contributed by atoms with Crippen molar-refractivity contribution >= 4 is 17.4 Å². The summed E-state index contributed by atoms with van der Waals surface area (Å²) in [4.78, 5) is 15.8. The topological polar surface area (TPSA) is 59.9 Å². The number of methoxy groups -OCH3 is 1. The third kappa shape index (κ3) is 4.20. The summed E-state index contributed by atoms with van der Waals surface area (Å²) in [5, 5.41) is 2.67. The minimum Gasteiger partial charge on any atom is -0.494 e. The van der Waals surface area contributed by atoms with Gasteiger partial charge >= 0.3 is 0 Å². The molecule has 0 radical (unpaired) electrons. The van der Waals surface area contributed by atoms with E-state index in [2.05, 4.69) is 23.0 Å². The summed E-state index contributed by atoms with van der Waals surface area (Å²) in [6, 6.07) is 4.04. The van der Waals surface area contributed by atoms with Crippen LogP contribution in [0.4, 0.5) is 5.69 Å². The first kappa shape index (κ1) is 17.2. The number of carbonyl (C=O) groups is 1. The lowest BCUT2D eigenvalue weighted by Gasteiger charge is -2.25. The summed E-state index contributed by atoms with van der Waals surface area (Å²) < 4.78 is 10.9. The largest absolute Gasteiger partial charge is 0.494 e. The highest BCUT2D eigenvalue weighted by Gasteiger charge is 2.20. The number of amides is 1. The minimum absolute atomic E-state index is 0.180. The molecule has 1 aliphatic heterocycles. The fourth-order valence-corrected chi connectivity index (χ4v) is 2.87. The molecule has 0 aliphatic carbocycles. The minimum atomic E-state index is -0.180. The molecular formula is C18H24N2O3. The number of ether oxygens (including phenoxy) is 2. The standard InChI is InChI=1S/C18H24N2O3/c1-5-17(19-13(3)21)20-18-12(2)15(6-7-16(18)22-4)14-8-10-23-11-9-14/h5-7,14H,1,8-11H2,2-4H3,(H,19,20,21). The van der Waals surface area contributed by atoms with Crippen molar-refractivity contribution in [3.63, 3.8) is 0 Å². The van der Waals surface area contributed by atoms with Crippen molar-refractivity contribution in [2.24, 2.45) is 4.99 Å². The van der Waals surface area contributed by atoms with Crippen molar-refractivity contribution in [1.82, 2.24) is 5.32 Å². The van der Waals surface area contributed by atoms with Crippen LogP contribution in [0.15, 0.2) is 29.8 Å². The van der Waals surface area contributed by atoms with Gasteiger partial charge in [-0.05, 0) is 49.0 Å². The molecule has 0 unspecified atom stereocenters. The van der Waals surface area contributed by atoms with E-state index >= 15 is 0 Å². The Balaban J connectivity index is 2.45. The van der Waals surface area contributed by atoms with Crippen molar-refractivity contribution in [2.45, 2.75) is 32.6 Å². The zero-order valence-electron chi connectivity index (χ0n) is 14.0. The second-order valence-electron chi connectivity index (χ2n) is 5.60. The van der Waals surface area contributed by atoms with E-state index in [4.69, 9.17) is 9.47 Å². The Hall–Kier alpha value is -2.14. The highest BCUT2D eigenvalue weighted by Crippen LogP contribution is 2.39. The molecule has 1 heterocycles. The normalized spacial score (nSPS) is 16.0. The van der Waals surface area contributed by atoms with Crippen molar-refractivity contribution in [3.05, 3.63) is 35.9 Å². The summed E-state index contributed by atoms with van der Waals surface area (Å²) in [6.45, 7) is 8.77. The van der Waals surface area contributed by atoms with E-state index < -0.39 is 0 Å². The Morgan fingerprint density at radius 3 is 2.70 bits per heavy atom. The molecule has 5 heteroatoms. The maximum absolute atomic E-state index is 11.3. The first-order chi connectivity index (χ1) is 11.1. The van der Waals surface area contributed by atoms with Gasteiger partial charge < -0.3 is 14.8 Å². The molecule has 5 nitrogen and oxygen atoms in total. The zero-order chi connectivity index (χ0) is 16.8. The van der Waals surface area contributed by atoms with Gasteiger partial charge in [-0.2, -0.15) is 0 Å². The summed E-state index contributed by atoms with van der Waals surface area (Å²) in [5.74, 6) is 1.39. The highest BCUT2D eigenvalue weighted by molar-refractivity contribution is 6.04. The monoisotopic (exact) mass is 316 g/mol. The zero-order valence-corrected chi connectivity index (χ0v) is 14.0. The van der Waals surface area contributed by atoms with Gasteiger partial charge in [-0.1, -0.05) is 12.6 Å². The van der Waals surface area contributed by atoms with Gasteiger partial charge in [-0.15, -0.1) is 0 Å². The van der Waals surface area contributed by atoms with Crippen LogP contribution < -0.4 is 10.1 Å². The van der Waals surface area contributed by atoms with Crippen LogP contribution in [0.1, 0.15) is 36.8 Å². The average Bonchev–Trinajstić information content (AvgIpc) is 2.56. The van der Waals surface area contributed by atoms with Gasteiger partial charge in [0.05, 0.1) is 7.11 Å². The second-order valence-corrected chi connectivity index (χ2v) is 5.60. The van der Waals surface area contributed by atoms with Gasteiger partial charge in [-0.3, -0.25) is 4.79 Å². The third-order valence-electron chi connectivity index (χ3n) is 4.05. The van der Waals surface area contributed by atoms with Gasteiger partial charge in [0.15, 0.2) is 0 Å². The van der Waals surface area contributed by atoms with Gasteiger partial charge in [0.1, 0.15) is 17.3 Å². The average molecular weight is 316 g/mol. The molecule has 1 saturated heterocycles. The number of hydrogen-bond donors (Lipinski definition) is 1. The molecule has 1 amide bonds. The first-order valence-corrected chi connectivity index (χ1v) is 7.80. The quantitative estimate of drug-likeness (QED) is 0.685. The van der Waals surface area contributed by atoms with E-state index in [-0.39, 0.29) is 5.91 Å². The maximum Gasteiger partial charge on any atom is 0.222 e. The number of hydrogen-bond acceptors (Lipinski definition) is 4. The molecule has 0 spiro atoms. The van der Waals surface area contributed by atoms with E-state index in [1.807, 2.05) is 13.0 Å². The predicted molar refractivity (Wildman–Crippen MR) is 91.6 cm³/mol. The van der Waals surface area contributed by atoms with Gasteiger partial charge in [0, 0.05) is 20.1 Å². The lowest BCUT2D eigenvalue weighted by molar-refractivity contribution is -0.117. The molecule has 0 atom stereocenters. The summed E-state index contributed by atoms with van der Waals surface area (Å²) in [6.07, 6.45) is 3.55. The molecule has 1 aromatic carbocycles. The number of carbonyl (C=O) groups excluding carboxylic acids is 1. The molecule has 1 aromatic rings. The Labute approximate surface area is 137 Å². The molecular weight excluding hydrogens is 292 g/mol. The number of benzene rings is 1. The molecule has 2 rings (SSSR count). The van der Waals surface area contributed by atoms with Gasteiger partial charge in [0.2, 0.25) is 5.91 Å². The molecule has 23 heavy (non-hydrogen) atoms. The second kappa shape index (κ2) is 7.92. The van der Waals surface area contributed by atoms with E-state index in [9.17, 15) is 4.79 Å². The van der Waals surface area contributed by atoms with Crippen LogP contribution in [0.5, 0.6) is 5.75 Å². The molecule has 0 bridgehead atoms. The lowest BCUT2D eigenvalue weighted by Crippen LogP contribution is -2.26. The van der Waals surface area contributed by atoms with Crippen molar-refractivity contribution < 1.29 is 14.3 Å². The number of rotatable bonds is 4. The fraction of sp³-hybridized carbons (Fsp3) is 0.444. The van der Waals surface area contributed by atoms with E-state index in [1.54, 1.807) is 7.11 Å². The maximum atomic E-state index is 11.3. The van der Waals surface area contributed by atoms with Crippen molar-refractivity contribution in [2.75, 3.05) is 20.3 Å². The fourth-order valence-electron chi connectivity index (χ4n) is 2.87. The Morgan fingerprint density at radius 1 is 1.43 bits per heavy atom. The van der Waals surface area contributed by atoms with E-state index in [0.29, 0.717) is 17.5 Å². The van der Waals surface area contributed by atoms with Crippen LogP contribution in [0, 0.1) is 6.92 Å². The first-order valence-electron chi connectivity index (χ1n) is 7.80. The molecule has 1 N–H and O–H groups in total. The molecule has 0 saturated carbocycles. The third-order valence-corrected chi connectivity index (χ3v) is 4.05. The number of nitrogens with zero attached hydrogens (tertiary/aromatic N) is 1. The van der Waals surface area contributed by atoms with Gasteiger partial charge in [0.25, 0.3) is 0 Å². The highest BCUT2D eigenvalue weighted by atomic mass is 16.5. The Morgan fingerprint density at radius 2 is 2.13 bits per heavy atom. The molecule has 1 aliphatic rings. The molecule has 0 aromatic heterocycles. The smallest absolute Gasteiger partial charge is 0.222 e. The summed E-state index contributed by atoms with van der Waals surface area (Å²) in [5.41, 5.74) is 3.07. The Kier molecular flexibility index (Phi) is 5.93. The van der Waals surface area contributed by atoms with E-state index in [1.165, 1.54) is 18.6 Å². The van der Waals surface area contributed by atoms with Crippen LogP contribution in [-0.2, 0) is 9.53 Å². The predicted octanol–water partition coefficient (Wildman–Crippen LogP) is 3.25.